The summed E-state index contributed by atoms with van der Waals surface area (Å²) in [6, 6.07) is 0. The van der Waals surface area contributed by atoms with Crippen molar-refractivity contribution in [3.63, 3.8) is 0 Å². The topological polar surface area (TPSA) is 0 Å². The molecule has 0 radical (unpaired) electrons. The molecular weight excluding hydrogens is 1170 g/mol. The van der Waals surface area contributed by atoms with Gasteiger partial charge in [0, 0.05) is 0 Å². The van der Waals surface area contributed by atoms with Gasteiger partial charge in [-0.2, -0.15) is 0 Å². The van der Waals surface area contributed by atoms with E-state index in [0.717, 1.165) is 11.8 Å². The molecule has 0 heteroatoms. The molecule has 0 amide bonds. The predicted molar refractivity (Wildman–Crippen MR) is 436 cm³/mol. The van der Waals surface area contributed by atoms with Crippen LogP contribution in [0.25, 0.3) is 0 Å². The Balaban J connectivity index is 0.000000197. The summed E-state index contributed by atoms with van der Waals surface area (Å²) in [7, 11) is 0. The first-order chi connectivity index (χ1) is 45.0. The van der Waals surface area contributed by atoms with Crippen molar-refractivity contribution in [2.45, 2.75) is 446 Å². The van der Waals surface area contributed by atoms with Crippen LogP contribution < -0.4 is 0 Å². The van der Waals surface area contributed by atoms with Gasteiger partial charge in [-0.3, -0.25) is 0 Å². The Morgan fingerprint density at radius 1 is 0.206 bits per heavy atom. The first-order valence-electron chi connectivity index (χ1n) is 42.8. The molecule has 9 fully saturated rings. The number of hydrogen-bond donors (Lipinski definition) is 0. The van der Waals surface area contributed by atoms with Gasteiger partial charge in [-0.1, -0.05) is 356 Å². The quantitative estimate of drug-likeness (QED) is 0.227. The number of allylic oxidation sites excluding steroid dienone is 16. The van der Waals surface area contributed by atoms with Crippen molar-refractivity contribution in [1.82, 2.24) is 0 Å². The van der Waals surface area contributed by atoms with Crippen LogP contribution in [0.4, 0.5) is 0 Å². The van der Waals surface area contributed by atoms with Crippen molar-refractivity contribution in [2.75, 3.05) is 0 Å². The van der Waals surface area contributed by atoms with Gasteiger partial charge >= 0.3 is 0 Å². The second kappa shape index (κ2) is 32.1. The average molecular weight is 1330 g/mol. The fourth-order valence-corrected chi connectivity index (χ4v) is 22.5. The zero-order valence-corrected chi connectivity index (χ0v) is 71.9. The van der Waals surface area contributed by atoms with Gasteiger partial charge in [-0.25, -0.2) is 0 Å². The van der Waals surface area contributed by atoms with E-state index in [9.17, 15) is 0 Å². The van der Waals surface area contributed by atoms with Crippen molar-refractivity contribution in [3.05, 3.63) is 89.2 Å². The van der Waals surface area contributed by atoms with Crippen molar-refractivity contribution in [1.29, 1.82) is 0 Å². The molecule has 556 valence electrons. The highest BCUT2D eigenvalue weighted by Crippen LogP contribution is 2.69. The maximum absolute atomic E-state index is 2.44. The molecule has 9 saturated carbocycles. The minimum Gasteiger partial charge on any atom is -0.0683 e. The lowest BCUT2D eigenvalue weighted by Gasteiger charge is -2.34. The smallest absolute Gasteiger partial charge is 0.00861 e. The Kier molecular flexibility index (Phi) is 27.8. The molecule has 97 heavy (non-hydrogen) atoms. The fourth-order valence-electron chi connectivity index (χ4n) is 22.5. The summed E-state index contributed by atoms with van der Waals surface area (Å²) in [6.07, 6.45) is 50.4. The summed E-state index contributed by atoms with van der Waals surface area (Å²) in [4.78, 5) is 0. The molecule has 0 heterocycles. The lowest BCUT2D eigenvalue weighted by atomic mass is 9.70. The standard InChI is InChI=1S/C23H36.C23H38.C22H36.C21H34.4C2H6/c1-21(2,3)19-12-20(22(4,5)6)17-14-23(13-16(17)19)11-10-15-8-7-9-18(15)23;1-21(2,3)19-14-20(22(4,5)6)18-16-23(15-17(18)19)12-10-8-7-9-11-13-23;1-20(2,3)18-13-19(21(4,5)6)17-15-22(14-16(17)18)11-9-7-8-10-12-22;1-19(2,3)17-12-18(20(4,5)6)16-14-21(13-15(16)17)10-8-7-9-11-21;4*1-2/h15,18H,7-14H2,1-6H3;7-16H2,1-6H3;7-15H2,1-6H3;7-14H2,1-6H3;4*1-2H3. The molecule has 0 aliphatic heterocycles. The van der Waals surface area contributed by atoms with E-state index in [0.29, 0.717) is 65.0 Å². The number of fused-ring (bicyclic) bond motifs is 6. The summed E-state index contributed by atoms with van der Waals surface area (Å²) in [5, 5.41) is 0. The Bertz CT molecular complexity index is 2750. The molecule has 0 aromatic heterocycles. The van der Waals surface area contributed by atoms with Crippen molar-refractivity contribution < 1.29 is 0 Å². The zero-order valence-electron chi connectivity index (χ0n) is 71.9. The molecule has 2 unspecified atom stereocenters. The van der Waals surface area contributed by atoms with Gasteiger partial charge in [0.25, 0.3) is 0 Å². The monoisotopic (exact) mass is 1330 g/mol. The van der Waals surface area contributed by atoms with Crippen LogP contribution in [-0.2, 0) is 0 Å². The van der Waals surface area contributed by atoms with Crippen molar-refractivity contribution in [3.8, 4) is 0 Å². The number of hydrogen-bond acceptors (Lipinski definition) is 0. The van der Waals surface area contributed by atoms with Gasteiger partial charge in [0.2, 0.25) is 0 Å². The Morgan fingerprint density at radius 3 is 0.598 bits per heavy atom. The second-order valence-electron chi connectivity index (χ2n) is 42.2. The lowest BCUT2D eigenvalue weighted by molar-refractivity contribution is 0.201. The summed E-state index contributed by atoms with van der Waals surface area (Å²) in [6.45, 7) is 74.3. The summed E-state index contributed by atoms with van der Waals surface area (Å²) in [5.41, 5.74) is 34.0. The van der Waals surface area contributed by atoms with E-state index >= 15 is 0 Å². The third kappa shape index (κ3) is 18.9. The van der Waals surface area contributed by atoms with E-state index in [1.54, 1.807) is 66.9 Å². The summed E-state index contributed by atoms with van der Waals surface area (Å²) in [5.74, 6) is 2.13. The highest BCUT2D eigenvalue weighted by Gasteiger charge is 2.57. The van der Waals surface area contributed by atoms with Gasteiger partial charge in [0.05, 0.1) is 0 Å². The van der Waals surface area contributed by atoms with Gasteiger partial charge in [0.1, 0.15) is 0 Å². The molecule has 0 nitrogen and oxygen atoms in total. The maximum Gasteiger partial charge on any atom is -0.00861 e. The van der Waals surface area contributed by atoms with Crippen molar-refractivity contribution in [2.24, 2.45) is 76.8 Å². The molecule has 13 aliphatic rings. The summed E-state index contributed by atoms with van der Waals surface area (Å²) >= 11 is 0. The average Bonchev–Trinajstić information content (AvgIpc) is 1.58. The van der Waals surface area contributed by atoms with Crippen LogP contribution >= 0.6 is 0 Å². The maximum atomic E-state index is 2.44. The minimum absolute atomic E-state index is 0.334. The molecule has 0 saturated heterocycles. The van der Waals surface area contributed by atoms with Gasteiger partial charge < -0.3 is 0 Å². The van der Waals surface area contributed by atoms with E-state index < -0.39 is 0 Å². The fraction of sp³-hybridized carbons (Fsp3) is 0.835. The number of rotatable bonds is 0. The Labute approximate surface area is 608 Å². The van der Waals surface area contributed by atoms with E-state index in [4.69, 9.17) is 0 Å². The highest BCUT2D eigenvalue weighted by molar-refractivity contribution is 5.58. The van der Waals surface area contributed by atoms with Crippen LogP contribution in [0.2, 0.25) is 0 Å². The van der Waals surface area contributed by atoms with Crippen LogP contribution in [0.1, 0.15) is 446 Å². The third-order valence-corrected chi connectivity index (χ3v) is 27.3. The first-order valence-corrected chi connectivity index (χ1v) is 42.8. The van der Waals surface area contributed by atoms with Crippen LogP contribution in [-0.4, -0.2) is 0 Å². The lowest BCUT2D eigenvalue weighted by Crippen LogP contribution is -2.24. The highest BCUT2D eigenvalue weighted by atomic mass is 14.6. The molecule has 0 bridgehead atoms. The Hall–Kier alpha value is -2.08. The van der Waals surface area contributed by atoms with Crippen LogP contribution in [0.15, 0.2) is 89.2 Å². The Morgan fingerprint density at radius 2 is 0.392 bits per heavy atom. The van der Waals surface area contributed by atoms with Gasteiger partial charge in [0.15, 0.2) is 0 Å². The zero-order chi connectivity index (χ0) is 73.1. The normalized spacial score (nSPS) is 25.7. The third-order valence-electron chi connectivity index (χ3n) is 27.3. The van der Waals surface area contributed by atoms with Crippen LogP contribution in [0.5, 0.6) is 0 Å². The van der Waals surface area contributed by atoms with Gasteiger partial charge in [-0.15, -0.1) is 0 Å². The summed E-state index contributed by atoms with van der Waals surface area (Å²) < 4.78 is 0. The van der Waals surface area contributed by atoms with E-state index in [1.807, 2.05) is 77.7 Å². The molecular formula is C97H168. The van der Waals surface area contributed by atoms with E-state index in [1.165, 1.54) is 225 Å². The molecule has 13 aliphatic carbocycles. The first kappa shape index (κ1) is 83.9. The van der Waals surface area contributed by atoms with Crippen LogP contribution in [0.3, 0.4) is 0 Å². The van der Waals surface area contributed by atoms with E-state index in [2.05, 4.69) is 166 Å². The minimum atomic E-state index is 0.334. The molecule has 0 N–H and O–H groups in total. The van der Waals surface area contributed by atoms with Crippen molar-refractivity contribution >= 4 is 0 Å². The molecule has 0 aromatic rings. The van der Waals surface area contributed by atoms with Crippen LogP contribution in [0, 0.1) is 76.8 Å². The molecule has 2 atom stereocenters. The van der Waals surface area contributed by atoms with E-state index in [-0.39, 0.29) is 0 Å². The van der Waals surface area contributed by atoms with Gasteiger partial charge in [-0.05, 0) is 256 Å². The predicted octanol–water partition coefficient (Wildman–Crippen LogP) is 32.8. The molecule has 13 rings (SSSR count). The second-order valence-corrected chi connectivity index (χ2v) is 42.2. The molecule has 0 aromatic carbocycles. The molecule has 4 spiro atoms. The SMILES string of the molecule is CC.CC.CC.CC.CC(C)(C)C1=C2CC3(CCC4CCCC43)CC2=C(C(C)(C)C)C1.CC(C)(C)C1=C2CC3(CCCCC3)CC2=C(C(C)(C)C)C1.CC(C)(C)C1=C2CC3(CCCCCC3)CC2=C(C(C)(C)C)C1.CC(C)(C)C1=C2CC3(CCCCCCC3)CC2=C(C(C)(C)C)C1. The largest absolute Gasteiger partial charge is 0.0683 e.